The van der Waals surface area contributed by atoms with Crippen molar-refractivity contribution in [3.63, 3.8) is 0 Å². The largest absolute Gasteiger partial charge is 0.246 e. The molecule has 4 aromatic rings. The number of hydrogen-bond donors (Lipinski definition) is 0. The summed E-state index contributed by atoms with van der Waals surface area (Å²) in [7, 11) is 0. The quantitative estimate of drug-likeness (QED) is 0.314. The maximum Gasteiger partial charge on any atom is 0.0902 e. The van der Waals surface area contributed by atoms with Gasteiger partial charge in [0.2, 0.25) is 0 Å². The van der Waals surface area contributed by atoms with Crippen LogP contribution in [0.5, 0.6) is 0 Å². The molecule has 0 saturated heterocycles. The van der Waals surface area contributed by atoms with Crippen molar-refractivity contribution < 1.29 is 0 Å². The van der Waals surface area contributed by atoms with Gasteiger partial charge in [0, 0.05) is 10.8 Å². The number of rotatable bonds is 0. The van der Waals surface area contributed by atoms with Crippen molar-refractivity contribution in [3.8, 4) is 0 Å². The topological polar surface area (TPSA) is 12.9 Å². The lowest BCUT2D eigenvalue weighted by molar-refractivity contribution is 1.51. The number of para-hydroxylation sites is 1. The summed E-state index contributed by atoms with van der Waals surface area (Å²) in [6, 6.07) is 20.5. The highest BCUT2D eigenvalue weighted by molar-refractivity contribution is 6.37. The van der Waals surface area contributed by atoms with E-state index in [-0.39, 0.29) is 0 Å². The molecule has 0 aliphatic carbocycles. The van der Waals surface area contributed by atoms with Gasteiger partial charge in [-0.1, -0.05) is 54.1 Å². The van der Waals surface area contributed by atoms with Crippen LogP contribution in [0.3, 0.4) is 0 Å². The summed E-state index contributed by atoms with van der Waals surface area (Å²) in [5.74, 6) is 0. The molecule has 0 saturated carbocycles. The SMILES string of the molecule is Clc1cc2ccccc2c2cc3ccccc3nc12. The van der Waals surface area contributed by atoms with E-state index in [0.29, 0.717) is 5.02 Å². The predicted octanol–water partition coefficient (Wildman–Crippen LogP) is 5.19. The van der Waals surface area contributed by atoms with Crippen molar-refractivity contribution in [3.05, 3.63) is 65.7 Å². The number of pyridine rings is 1. The van der Waals surface area contributed by atoms with Gasteiger partial charge in [-0.05, 0) is 29.0 Å². The number of halogens is 1. The zero-order chi connectivity index (χ0) is 12.8. The first kappa shape index (κ1) is 10.8. The van der Waals surface area contributed by atoms with Crippen LogP contribution in [0, 0.1) is 0 Å². The van der Waals surface area contributed by atoms with Crippen molar-refractivity contribution in [2.24, 2.45) is 0 Å². The van der Waals surface area contributed by atoms with Gasteiger partial charge >= 0.3 is 0 Å². The summed E-state index contributed by atoms with van der Waals surface area (Å²) < 4.78 is 0. The van der Waals surface area contributed by atoms with E-state index in [4.69, 9.17) is 16.6 Å². The number of benzene rings is 3. The minimum Gasteiger partial charge on any atom is -0.246 e. The smallest absolute Gasteiger partial charge is 0.0902 e. The molecule has 0 aliphatic rings. The molecule has 0 radical (unpaired) electrons. The minimum atomic E-state index is 0.708. The first-order chi connectivity index (χ1) is 9.33. The van der Waals surface area contributed by atoms with Gasteiger partial charge in [-0.2, -0.15) is 0 Å². The molecule has 0 amide bonds. The van der Waals surface area contributed by atoms with Gasteiger partial charge in [-0.15, -0.1) is 0 Å². The van der Waals surface area contributed by atoms with Crippen LogP contribution in [0.25, 0.3) is 32.6 Å². The van der Waals surface area contributed by atoms with Crippen molar-refractivity contribution in [1.82, 2.24) is 4.98 Å². The molecule has 1 aromatic heterocycles. The van der Waals surface area contributed by atoms with Gasteiger partial charge in [0.25, 0.3) is 0 Å². The van der Waals surface area contributed by atoms with Crippen molar-refractivity contribution >= 4 is 44.2 Å². The highest BCUT2D eigenvalue weighted by Crippen LogP contribution is 2.32. The standard InChI is InChI=1S/C17H10ClN/c18-15-10-11-5-1-3-7-13(11)14-9-12-6-2-4-8-16(12)19-17(14)15/h1-10H. The molecule has 1 heterocycles. The summed E-state index contributed by atoms with van der Waals surface area (Å²) in [4.78, 5) is 4.70. The molecule has 19 heavy (non-hydrogen) atoms. The molecule has 0 N–H and O–H groups in total. The van der Waals surface area contributed by atoms with E-state index in [1.807, 2.05) is 36.4 Å². The van der Waals surface area contributed by atoms with Gasteiger partial charge in [0.05, 0.1) is 16.1 Å². The molecule has 90 valence electrons. The van der Waals surface area contributed by atoms with Gasteiger partial charge in [0.15, 0.2) is 0 Å². The summed E-state index contributed by atoms with van der Waals surface area (Å²) in [5, 5.41) is 5.31. The van der Waals surface area contributed by atoms with Gasteiger partial charge in [-0.25, -0.2) is 4.98 Å². The lowest BCUT2D eigenvalue weighted by Crippen LogP contribution is -1.85. The van der Waals surface area contributed by atoms with E-state index in [1.165, 1.54) is 5.39 Å². The van der Waals surface area contributed by atoms with E-state index in [0.717, 1.165) is 27.2 Å². The third-order valence-electron chi connectivity index (χ3n) is 3.48. The lowest BCUT2D eigenvalue weighted by Gasteiger charge is -2.07. The van der Waals surface area contributed by atoms with E-state index in [9.17, 15) is 0 Å². The van der Waals surface area contributed by atoms with Crippen LogP contribution in [0.15, 0.2) is 60.7 Å². The number of fused-ring (bicyclic) bond motifs is 4. The Hall–Kier alpha value is -2.12. The van der Waals surface area contributed by atoms with Crippen molar-refractivity contribution in [1.29, 1.82) is 0 Å². The van der Waals surface area contributed by atoms with Crippen LogP contribution in [-0.2, 0) is 0 Å². The molecule has 0 atom stereocenters. The second kappa shape index (κ2) is 3.94. The van der Waals surface area contributed by atoms with E-state index < -0.39 is 0 Å². The van der Waals surface area contributed by atoms with Crippen LogP contribution >= 0.6 is 11.6 Å². The molecule has 0 unspecified atom stereocenters. The third kappa shape index (κ3) is 1.59. The average molecular weight is 264 g/mol. The summed E-state index contributed by atoms with van der Waals surface area (Å²) in [5.41, 5.74) is 1.85. The Kier molecular flexibility index (Phi) is 2.23. The van der Waals surface area contributed by atoms with E-state index >= 15 is 0 Å². The molecule has 0 bridgehead atoms. The third-order valence-corrected chi connectivity index (χ3v) is 3.77. The highest BCUT2D eigenvalue weighted by Gasteiger charge is 2.07. The van der Waals surface area contributed by atoms with Crippen LogP contribution in [-0.4, -0.2) is 4.98 Å². The summed E-state index contributed by atoms with van der Waals surface area (Å²) in [6.07, 6.45) is 0. The number of aromatic nitrogens is 1. The summed E-state index contributed by atoms with van der Waals surface area (Å²) >= 11 is 6.37. The molecular formula is C17H10ClN. The molecule has 0 aliphatic heterocycles. The molecule has 0 spiro atoms. The Morgan fingerprint density at radius 1 is 0.737 bits per heavy atom. The molecule has 2 heteroatoms. The first-order valence-corrected chi connectivity index (χ1v) is 6.57. The van der Waals surface area contributed by atoms with Gasteiger partial charge in [0.1, 0.15) is 0 Å². The number of nitrogens with zero attached hydrogens (tertiary/aromatic N) is 1. The Bertz CT molecular complexity index is 928. The molecule has 0 fully saturated rings. The average Bonchev–Trinajstić information content (AvgIpc) is 2.46. The van der Waals surface area contributed by atoms with Gasteiger partial charge in [-0.3, -0.25) is 0 Å². The van der Waals surface area contributed by atoms with Crippen molar-refractivity contribution in [2.75, 3.05) is 0 Å². The Morgan fingerprint density at radius 3 is 2.37 bits per heavy atom. The van der Waals surface area contributed by atoms with Gasteiger partial charge < -0.3 is 0 Å². The van der Waals surface area contributed by atoms with Crippen LogP contribution in [0.4, 0.5) is 0 Å². The highest BCUT2D eigenvalue weighted by atomic mass is 35.5. The van der Waals surface area contributed by atoms with E-state index in [2.05, 4.69) is 24.3 Å². The number of hydrogen-bond acceptors (Lipinski definition) is 1. The fraction of sp³-hybridized carbons (Fsp3) is 0. The van der Waals surface area contributed by atoms with Crippen molar-refractivity contribution in [2.45, 2.75) is 0 Å². The summed E-state index contributed by atoms with van der Waals surface area (Å²) in [6.45, 7) is 0. The normalized spacial score (nSPS) is 11.4. The maximum absolute atomic E-state index is 6.37. The zero-order valence-electron chi connectivity index (χ0n) is 10.1. The maximum atomic E-state index is 6.37. The zero-order valence-corrected chi connectivity index (χ0v) is 10.9. The molecule has 1 nitrogen and oxygen atoms in total. The van der Waals surface area contributed by atoms with Crippen LogP contribution in [0.1, 0.15) is 0 Å². The molecular weight excluding hydrogens is 254 g/mol. The Balaban J connectivity index is 2.30. The monoisotopic (exact) mass is 263 g/mol. The Labute approximate surface area is 115 Å². The van der Waals surface area contributed by atoms with E-state index in [1.54, 1.807) is 0 Å². The molecule has 4 rings (SSSR count). The van der Waals surface area contributed by atoms with Crippen LogP contribution in [0.2, 0.25) is 5.02 Å². The predicted molar refractivity (Wildman–Crippen MR) is 81.8 cm³/mol. The van der Waals surface area contributed by atoms with Crippen LogP contribution < -0.4 is 0 Å². The second-order valence-electron chi connectivity index (χ2n) is 4.66. The fourth-order valence-electron chi connectivity index (χ4n) is 2.58. The first-order valence-electron chi connectivity index (χ1n) is 6.20. The molecule has 3 aromatic carbocycles. The second-order valence-corrected chi connectivity index (χ2v) is 5.06. The minimum absolute atomic E-state index is 0.708. The Morgan fingerprint density at radius 2 is 1.47 bits per heavy atom. The lowest BCUT2D eigenvalue weighted by atomic mass is 10.0. The fourth-order valence-corrected chi connectivity index (χ4v) is 2.84.